The topological polar surface area (TPSA) is 162 Å². The third kappa shape index (κ3) is 7.63. The summed E-state index contributed by atoms with van der Waals surface area (Å²) in [5, 5.41) is 14.4. The molecule has 0 spiro atoms. The van der Waals surface area contributed by atoms with Crippen LogP contribution in [-0.2, 0) is 9.59 Å². The first-order valence-electron chi connectivity index (χ1n) is 19.2. The molecule has 16 heteroatoms. The minimum atomic E-state index is -0.982. The van der Waals surface area contributed by atoms with Gasteiger partial charge in [0.2, 0.25) is 17.5 Å². The Kier molecular flexibility index (Phi) is 10.6. The van der Waals surface area contributed by atoms with Gasteiger partial charge in [0.25, 0.3) is 17.7 Å². The van der Waals surface area contributed by atoms with Gasteiger partial charge in [0.15, 0.2) is 11.5 Å². The Hall–Kier alpha value is -5.59. The Morgan fingerprint density at radius 2 is 1.57 bits per heavy atom. The molecule has 4 fully saturated rings. The summed E-state index contributed by atoms with van der Waals surface area (Å²) in [7, 11) is 0. The number of nitrogens with zero attached hydrogens (tertiary/aromatic N) is 7. The van der Waals surface area contributed by atoms with E-state index in [1.165, 1.54) is 0 Å². The molecule has 290 valence electrons. The van der Waals surface area contributed by atoms with Crippen LogP contribution in [0.25, 0.3) is 4.85 Å². The normalized spacial score (nSPS) is 23.4. The van der Waals surface area contributed by atoms with Crippen molar-refractivity contribution in [3.05, 3.63) is 81.8 Å². The maximum atomic E-state index is 13.3. The van der Waals surface area contributed by atoms with Crippen molar-refractivity contribution in [2.45, 2.75) is 75.6 Å². The first-order valence-corrected chi connectivity index (χ1v) is 19.6. The molecule has 15 nitrogen and oxygen atoms in total. The molecular weight excluding hydrogens is 738 g/mol. The van der Waals surface area contributed by atoms with Crippen LogP contribution >= 0.6 is 11.6 Å². The van der Waals surface area contributed by atoms with Gasteiger partial charge in [-0.05, 0) is 87.4 Å². The minimum Gasteiger partial charge on any atom is -0.490 e. The summed E-state index contributed by atoms with van der Waals surface area (Å²) in [6.45, 7) is 12.1. The van der Waals surface area contributed by atoms with Gasteiger partial charge in [0.05, 0.1) is 28.8 Å². The van der Waals surface area contributed by atoms with Crippen molar-refractivity contribution in [2.75, 3.05) is 49.1 Å². The summed E-state index contributed by atoms with van der Waals surface area (Å²) in [4.78, 5) is 74.8. The van der Waals surface area contributed by atoms with Gasteiger partial charge in [-0.3, -0.25) is 39.1 Å². The number of imide groups is 2. The molecule has 1 aromatic heterocycles. The molecule has 5 aliphatic rings. The lowest BCUT2D eigenvalue weighted by Gasteiger charge is -2.43. The molecule has 2 N–H and O–H groups in total. The van der Waals surface area contributed by atoms with Crippen molar-refractivity contribution in [2.24, 2.45) is 0 Å². The average Bonchev–Trinajstić information content (AvgIpc) is 3.46. The number of piperazine rings is 1. The van der Waals surface area contributed by atoms with Crippen LogP contribution in [0.2, 0.25) is 5.02 Å². The number of hydrogen-bond donors (Lipinski definition) is 2. The van der Waals surface area contributed by atoms with Crippen molar-refractivity contribution in [1.29, 1.82) is 0 Å². The van der Waals surface area contributed by atoms with E-state index in [1.807, 2.05) is 12.1 Å². The van der Waals surface area contributed by atoms with E-state index in [0.29, 0.717) is 33.8 Å². The van der Waals surface area contributed by atoms with Gasteiger partial charge in [0, 0.05) is 63.5 Å². The van der Waals surface area contributed by atoms with E-state index in [-0.39, 0.29) is 36.5 Å². The Labute approximate surface area is 329 Å². The highest BCUT2D eigenvalue weighted by Crippen LogP contribution is 2.33. The van der Waals surface area contributed by atoms with Crippen LogP contribution in [0, 0.1) is 6.57 Å². The zero-order valence-electron chi connectivity index (χ0n) is 30.8. The number of piperidine rings is 2. The number of hydrogen-bond acceptors (Lipinski definition) is 11. The zero-order chi connectivity index (χ0) is 38.9. The van der Waals surface area contributed by atoms with E-state index >= 15 is 0 Å². The summed E-state index contributed by atoms with van der Waals surface area (Å²) in [5.41, 5.74) is 2.13. The Morgan fingerprint density at radius 3 is 2.25 bits per heavy atom. The number of amides is 5. The summed E-state index contributed by atoms with van der Waals surface area (Å²) in [5.74, 6) is -0.842. The second-order valence-electron chi connectivity index (χ2n) is 15.0. The van der Waals surface area contributed by atoms with Gasteiger partial charge in [-0.2, -0.15) is 0 Å². The number of fused-ring (bicyclic) bond motifs is 1. The predicted molar refractivity (Wildman–Crippen MR) is 206 cm³/mol. The number of nitrogens with one attached hydrogen (secondary N) is 2. The SMILES string of the molecule is [C-]#[N+]c1ccc(OC2CCC(NC(=O)c3ccc(N4CCC(N5CCN(c6ccc7c(c6)C(=O)N(C6CCC(=O)NC6=O)C7=O)CC5)CC4)nn3)CC2)cc1Cl. The Balaban J connectivity index is 0.772. The summed E-state index contributed by atoms with van der Waals surface area (Å²) >= 11 is 6.15. The summed E-state index contributed by atoms with van der Waals surface area (Å²) in [6.07, 6.45) is 5.32. The Morgan fingerprint density at radius 1 is 0.821 bits per heavy atom. The molecule has 5 heterocycles. The molecule has 5 amide bonds. The van der Waals surface area contributed by atoms with Gasteiger partial charge >= 0.3 is 0 Å². The third-order valence-corrected chi connectivity index (χ3v) is 11.9. The lowest BCUT2D eigenvalue weighted by molar-refractivity contribution is -0.136. The van der Waals surface area contributed by atoms with Crippen LogP contribution in [0.1, 0.15) is 82.6 Å². The van der Waals surface area contributed by atoms with Crippen molar-refractivity contribution in [1.82, 2.24) is 30.6 Å². The van der Waals surface area contributed by atoms with E-state index in [0.717, 1.165) is 94.2 Å². The van der Waals surface area contributed by atoms with E-state index in [4.69, 9.17) is 22.9 Å². The van der Waals surface area contributed by atoms with Crippen molar-refractivity contribution < 1.29 is 28.7 Å². The van der Waals surface area contributed by atoms with Crippen molar-refractivity contribution in [3.8, 4) is 5.75 Å². The molecule has 56 heavy (non-hydrogen) atoms. The zero-order valence-corrected chi connectivity index (χ0v) is 31.5. The van der Waals surface area contributed by atoms with Crippen LogP contribution in [0.3, 0.4) is 0 Å². The van der Waals surface area contributed by atoms with E-state index in [1.54, 1.807) is 36.4 Å². The molecule has 8 rings (SSSR count). The van der Waals surface area contributed by atoms with Gasteiger partial charge in [-0.15, -0.1) is 10.2 Å². The number of carbonyl (C=O) groups excluding carboxylic acids is 5. The highest BCUT2D eigenvalue weighted by molar-refractivity contribution is 6.33. The van der Waals surface area contributed by atoms with Crippen molar-refractivity contribution >= 4 is 58.3 Å². The predicted octanol–water partition coefficient (Wildman–Crippen LogP) is 3.99. The number of benzene rings is 2. The first kappa shape index (κ1) is 37.3. The monoisotopic (exact) mass is 779 g/mol. The fourth-order valence-electron chi connectivity index (χ4n) is 8.50. The maximum absolute atomic E-state index is 13.3. The number of carbonyl (C=O) groups is 5. The quantitative estimate of drug-likeness (QED) is 0.251. The van der Waals surface area contributed by atoms with Crippen LogP contribution in [0.4, 0.5) is 17.2 Å². The first-order chi connectivity index (χ1) is 27.1. The van der Waals surface area contributed by atoms with Gasteiger partial charge in [-0.25, -0.2) is 4.85 Å². The second kappa shape index (κ2) is 15.9. The van der Waals surface area contributed by atoms with E-state index in [2.05, 4.69) is 40.4 Å². The number of aromatic nitrogens is 2. The molecule has 1 aliphatic carbocycles. The molecule has 1 saturated carbocycles. The van der Waals surface area contributed by atoms with Crippen molar-refractivity contribution in [3.63, 3.8) is 0 Å². The third-order valence-electron chi connectivity index (χ3n) is 11.6. The van der Waals surface area contributed by atoms with Crippen LogP contribution < -0.4 is 25.2 Å². The molecule has 0 radical (unpaired) electrons. The van der Waals surface area contributed by atoms with E-state index in [9.17, 15) is 24.0 Å². The number of ether oxygens (including phenoxy) is 1. The minimum absolute atomic E-state index is 0.0198. The molecule has 1 unspecified atom stereocenters. The molecule has 3 aromatic rings. The molecule has 4 aliphatic heterocycles. The fourth-order valence-corrected chi connectivity index (χ4v) is 8.72. The van der Waals surface area contributed by atoms with Crippen LogP contribution in [-0.4, -0.2) is 113 Å². The Bertz CT molecular complexity index is 2080. The van der Waals surface area contributed by atoms with Gasteiger partial charge in [-0.1, -0.05) is 17.7 Å². The molecular formula is C40H42ClN9O6. The number of halogens is 1. The molecule has 0 bridgehead atoms. The summed E-state index contributed by atoms with van der Waals surface area (Å²) in [6, 6.07) is 13.5. The standard InChI is InChI=1S/C40H42ClN9O6/c1-42-32-9-7-28(23-31(32)41)56-27-5-2-24(3-6-27)43-37(52)33-10-12-35(46-45-33)49-16-14-25(15-17-49)47-18-20-48(21-19-47)26-4-8-29-30(22-26)40(55)50(39(29)54)34-11-13-36(51)44-38(34)53/h4,7-10,12,22-25,27,34H,2-3,5-6,11,13-21H2,(H,43,52)(H,44,51,53). The lowest BCUT2D eigenvalue weighted by Crippen LogP contribution is -2.54. The number of anilines is 2. The smallest absolute Gasteiger partial charge is 0.272 e. The molecule has 2 aromatic carbocycles. The van der Waals surface area contributed by atoms with Gasteiger partial charge in [0.1, 0.15) is 11.8 Å². The summed E-state index contributed by atoms with van der Waals surface area (Å²) < 4.78 is 6.08. The highest BCUT2D eigenvalue weighted by Gasteiger charge is 2.45. The molecule has 1 atom stereocenters. The highest BCUT2D eigenvalue weighted by atomic mass is 35.5. The second-order valence-corrected chi connectivity index (χ2v) is 15.4. The fraction of sp³-hybridized carbons (Fsp3) is 0.450. The lowest BCUT2D eigenvalue weighted by atomic mass is 9.93. The maximum Gasteiger partial charge on any atom is 0.272 e. The average molecular weight is 780 g/mol. The molecule has 3 saturated heterocycles. The number of rotatable bonds is 8. The van der Waals surface area contributed by atoms with Crippen LogP contribution in [0.5, 0.6) is 5.75 Å². The largest absolute Gasteiger partial charge is 0.490 e. The van der Waals surface area contributed by atoms with E-state index < -0.39 is 29.7 Å². The van der Waals surface area contributed by atoms with Gasteiger partial charge < -0.3 is 19.9 Å². The van der Waals surface area contributed by atoms with Crippen LogP contribution in [0.15, 0.2) is 48.5 Å².